The lowest BCUT2D eigenvalue weighted by atomic mass is 9.67. The van der Waals surface area contributed by atoms with Gasteiger partial charge >= 0.3 is 0 Å². The molecule has 1 nitrogen and oxygen atoms in total. The molecule has 314 valence electrons. The Balaban J connectivity index is 1.20. The van der Waals surface area contributed by atoms with Crippen molar-refractivity contribution in [3.8, 4) is 44.5 Å². The van der Waals surface area contributed by atoms with Crippen molar-refractivity contribution in [3.63, 3.8) is 0 Å². The summed E-state index contributed by atoms with van der Waals surface area (Å²) in [4.78, 5) is 2.65. The molecular formula is C65H49N. The minimum atomic E-state index is -0.556. The zero-order valence-electron chi connectivity index (χ0n) is 37.8. The third-order valence-electron chi connectivity index (χ3n) is 15.5. The van der Waals surface area contributed by atoms with Crippen molar-refractivity contribution in [2.45, 2.75) is 43.9 Å². The number of hydrogen-bond donors (Lipinski definition) is 0. The van der Waals surface area contributed by atoms with E-state index in [-0.39, 0.29) is 10.8 Å². The van der Waals surface area contributed by atoms with Crippen LogP contribution in [-0.4, -0.2) is 0 Å². The molecule has 0 heterocycles. The van der Waals surface area contributed by atoms with Crippen LogP contribution < -0.4 is 4.90 Å². The van der Waals surface area contributed by atoms with Crippen LogP contribution in [0.2, 0.25) is 0 Å². The fourth-order valence-electron chi connectivity index (χ4n) is 12.6. The Morgan fingerprint density at radius 2 is 0.758 bits per heavy atom. The minimum Gasteiger partial charge on any atom is -0.309 e. The molecule has 0 atom stereocenters. The summed E-state index contributed by atoms with van der Waals surface area (Å²) in [5.74, 6) is 0. The second-order valence-electron chi connectivity index (χ2n) is 19.5. The maximum atomic E-state index is 2.65. The molecule has 1 heteroatoms. The van der Waals surface area contributed by atoms with Crippen molar-refractivity contribution >= 4 is 27.8 Å². The molecule has 10 aromatic carbocycles. The summed E-state index contributed by atoms with van der Waals surface area (Å²) in [7, 11) is 0. The van der Waals surface area contributed by atoms with Crippen LogP contribution in [0.5, 0.6) is 0 Å². The molecule has 0 aliphatic heterocycles. The average molecular weight is 844 g/mol. The first-order chi connectivity index (χ1) is 32.3. The van der Waals surface area contributed by atoms with Gasteiger partial charge in [0.05, 0.1) is 11.1 Å². The molecule has 0 amide bonds. The van der Waals surface area contributed by atoms with Crippen LogP contribution in [0.3, 0.4) is 0 Å². The van der Waals surface area contributed by atoms with Crippen molar-refractivity contribution < 1.29 is 0 Å². The maximum Gasteiger partial charge on any atom is 0.0714 e. The van der Waals surface area contributed by atoms with Crippen molar-refractivity contribution in [2.24, 2.45) is 0 Å². The van der Waals surface area contributed by atoms with Crippen LogP contribution in [0, 0.1) is 0 Å². The lowest BCUT2D eigenvalue weighted by Crippen LogP contribution is -2.28. The molecule has 0 aromatic heterocycles. The molecule has 3 aliphatic rings. The second kappa shape index (κ2) is 14.1. The number of benzene rings is 10. The molecule has 66 heavy (non-hydrogen) atoms. The zero-order chi connectivity index (χ0) is 44.4. The molecule has 0 spiro atoms. The van der Waals surface area contributed by atoms with Crippen molar-refractivity contribution in [1.29, 1.82) is 0 Å². The maximum absolute atomic E-state index is 2.65. The Kier molecular flexibility index (Phi) is 8.28. The molecule has 0 bridgehead atoms. The first-order valence-corrected chi connectivity index (χ1v) is 23.4. The molecule has 0 saturated carbocycles. The normalized spacial score (nSPS) is 15.0. The first kappa shape index (κ1) is 38.7. The molecular weight excluding hydrogens is 795 g/mol. The third-order valence-corrected chi connectivity index (χ3v) is 15.5. The molecule has 3 aliphatic carbocycles. The summed E-state index contributed by atoms with van der Waals surface area (Å²) in [5, 5.41) is 2.56. The van der Waals surface area contributed by atoms with Gasteiger partial charge in [-0.05, 0) is 113 Å². The van der Waals surface area contributed by atoms with E-state index in [1.165, 1.54) is 105 Å². The predicted octanol–water partition coefficient (Wildman–Crippen LogP) is 17.0. The Hall–Kier alpha value is -7.74. The standard InChI is InChI=1S/C65H49N/c1-63(2)54-33-19-16-28-47(54)49-38-36-45(40-57(49)63)66(46-37-39-50-48-29-17-21-35-56(48)65(58(50)41-46,43-24-10-6-11-25-43)44-26-12-7-13-27-44)62-59(42-22-8-5-9-23-42)51-30-14-15-31-52(51)61-60(62)53-32-18-20-34-55(53)64(61,3)4/h5-41H,1-4H3. The van der Waals surface area contributed by atoms with E-state index in [1.807, 2.05) is 0 Å². The van der Waals surface area contributed by atoms with Crippen LogP contribution in [0.4, 0.5) is 17.1 Å². The fourth-order valence-corrected chi connectivity index (χ4v) is 12.6. The quantitative estimate of drug-likeness (QED) is 0.161. The minimum absolute atomic E-state index is 0.189. The monoisotopic (exact) mass is 843 g/mol. The second-order valence-corrected chi connectivity index (χ2v) is 19.5. The van der Waals surface area contributed by atoms with Crippen molar-refractivity contribution in [2.75, 3.05) is 4.90 Å². The highest BCUT2D eigenvalue weighted by Crippen LogP contribution is 2.62. The van der Waals surface area contributed by atoms with Gasteiger partial charge in [-0.1, -0.05) is 228 Å². The number of nitrogens with zero attached hydrogens (tertiary/aromatic N) is 1. The van der Waals surface area contributed by atoms with E-state index < -0.39 is 5.41 Å². The number of anilines is 3. The van der Waals surface area contributed by atoms with Crippen LogP contribution in [0.15, 0.2) is 224 Å². The zero-order valence-corrected chi connectivity index (χ0v) is 37.8. The third kappa shape index (κ3) is 5.17. The summed E-state index contributed by atoms with van der Waals surface area (Å²) < 4.78 is 0. The van der Waals surface area contributed by atoms with Crippen molar-refractivity contribution in [3.05, 3.63) is 269 Å². The van der Waals surface area contributed by atoms with Gasteiger partial charge in [-0.25, -0.2) is 0 Å². The summed E-state index contributed by atoms with van der Waals surface area (Å²) in [6.07, 6.45) is 0. The van der Waals surface area contributed by atoms with Gasteiger partial charge < -0.3 is 4.90 Å². The molecule has 0 fully saturated rings. The van der Waals surface area contributed by atoms with Gasteiger partial charge in [-0.3, -0.25) is 0 Å². The van der Waals surface area contributed by atoms with Gasteiger partial charge in [-0.2, -0.15) is 0 Å². The predicted molar refractivity (Wildman–Crippen MR) is 276 cm³/mol. The highest BCUT2D eigenvalue weighted by atomic mass is 15.1. The Morgan fingerprint density at radius 1 is 0.318 bits per heavy atom. The molecule has 0 unspecified atom stereocenters. The number of rotatable bonds is 6. The van der Waals surface area contributed by atoms with Gasteiger partial charge in [0, 0.05) is 33.3 Å². The molecule has 0 radical (unpaired) electrons. The van der Waals surface area contributed by atoms with E-state index in [0.717, 1.165) is 11.4 Å². The summed E-state index contributed by atoms with van der Waals surface area (Å²) in [5.41, 5.74) is 23.3. The smallest absolute Gasteiger partial charge is 0.0714 e. The lowest BCUT2D eigenvalue weighted by Gasteiger charge is -2.36. The van der Waals surface area contributed by atoms with E-state index in [2.05, 4.69) is 257 Å². The van der Waals surface area contributed by atoms with E-state index in [1.54, 1.807) is 0 Å². The first-order valence-electron chi connectivity index (χ1n) is 23.4. The average Bonchev–Trinajstić information content (AvgIpc) is 3.89. The van der Waals surface area contributed by atoms with E-state index >= 15 is 0 Å². The summed E-state index contributed by atoms with van der Waals surface area (Å²) >= 11 is 0. The van der Waals surface area contributed by atoms with E-state index in [4.69, 9.17) is 0 Å². The van der Waals surface area contributed by atoms with Gasteiger partial charge in [0.25, 0.3) is 0 Å². The topological polar surface area (TPSA) is 3.24 Å². The van der Waals surface area contributed by atoms with Gasteiger partial charge in [0.1, 0.15) is 0 Å². The number of fused-ring (bicyclic) bond motifs is 11. The van der Waals surface area contributed by atoms with Crippen molar-refractivity contribution in [1.82, 2.24) is 0 Å². The molecule has 10 aromatic rings. The van der Waals surface area contributed by atoms with Gasteiger partial charge in [0.2, 0.25) is 0 Å². The Bertz CT molecular complexity index is 3540. The van der Waals surface area contributed by atoms with E-state index in [0.29, 0.717) is 0 Å². The Labute approximate surface area is 388 Å². The van der Waals surface area contributed by atoms with E-state index in [9.17, 15) is 0 Å². The highest BCUT2D eigenvalue weighted by Gasteiger charge is 2.47. The summed E-state index contributed by atoms with van der Waals surface area (Å²) in [6.45, 7) is 9.65. The highest BCUT2D eigenvalue weighted by molar-refractivity contribution is 6.16. The largest absolute Gasteiger partial charge is 0.309 e. The van der Waals surface area contributed by atoms with Gasteiger partial charge in [0.15, 0.2) is 0 Å². The van der Waals surface area contributed by atoms with Crippen LogP contribution >= 0.6 is 0 Å². The molecule has 0 N–H and O–H groups in total. The lowest BCUT2D eigenvalue weighted by molar-refractivity contribution is 0.660. The Morgan fingerprint density at radius 3 is 1.38 bits per heavy atom. The van der Waals surface area contributed by atoms with Crippen LogP contribution in [0.25, 0.3) is 55.3 Å². The molecule has 0 saturated heterocycles. The van der Waals surface area contributed by atoms with Gasteiger partial charge in [-0.15, -0.1) is 0 Å². The number of hydrogen-bond acceptors (Lipinski definition) is 1. The van der Waals surface area contributed by atoms with Crippen LogP contribution in [0.1, 0.15) is 72.2 Å². The molecule has 13 rings (SSSR count). The SMILES string of the molecule is CC1(C)c2ccccc2-c2ccc(N(c3ccc4c(c3)C(c3ccccc3)(c3ccccc3)c3ccccc3-4)c3c4c(c5ccccc5c3-c3ccccc3)C(C)(C)c3ccccc3-4)cc21. The summed E-state index contributed by atoms with van der Waals surface area (Å²) in [6, 6.07) is 84.6. The van der Waals surface area contributed by atoms with Crippen LogP contribution in [-0.2, 0) is 16.2 Å². The fraction of sp³-hybridized carbons (Fsp3) is 0.108.